The van der Waals surface area contributed by atoms with Gasteiger partial charge in [0.25, 0.3) is 0 Å². The minimum atomic E-state index is 0.192. The number of halogens is 1. The lowest BCUT2D eigenvalue weighted by molar-refractivity contribution is -0.116. The summed E-state index contributed by atoms with van der Waals surface area (Å²) in [5, 5.41) is 0. The first kappa shape index (κ1) is 12.4. The first-order valence-electron chi connectivity index (χ1n) is 4.43. The highest BCUT2D eigenvalue weighted by Gasteiger charge is 2.00. The van der Waals surface area contributed by atoms with Crippen LogP contribution >= 0.6 is 15.9 Å². The predicted molar refractivity (Wildman–Crippen MR) is 59.9 cm³/mol. The molecule has 0 bridgehead atoms. The fourth-order valence-electron chi connectivity index (χ4n) is 0.910. The van der Waals surface area contributed by atoms with Crippen molar-refractivity contribution in [2.24, 2.45) is 0 Å². The molecule has 13 heavy (non-hydrogen) atoms. The molecule has 1 rings (SSSR count). The average molecular weight is 243 g/mol. The molecular formula is C11H15BrO. The van der Waals surface area contributed by atoms with Crippen LogP contribution in [0.3, 0.4) is 0 Å². The maximum absolute atomic E-state index is 10.7. The van der Waals surface area contributed by atoms with Crippen LogP contribution in [0.5, 0.6) is 0 Å². The van der Waals surface area contributed by atoms with Crippen molar-refractivity contribution in [3.8, 4) is 0 Å². The number of rotatable bonds is 2. The van der Waals surface area contributed by atoms with Gasteiger partial charge in [0.15, 0.2) is 0 Å². The summed E-state index contributed by atoms with van der Waals surface area (Å²) in [4.78, 5) is 10.7. The molecule has 0 amide bonds. The summed E-state index contributed by atoms with van der Waals surface area (Å²) in [5.74, 6) is 0.192. The van der Waals surface area contributed by atoms with Crippen LogP contribution in [0.1, 0.15) is 26.3 Å². The SMILES string of the molecule is CC.CC(=O)Cc1ccccc1Br. The third-order valence-corrected chi connectivity index (χ3v) is 2.17. The number of carbonyl (C=O) groups excluding carboxylic acids is 1. The van der Waals surface area contributed by atoms with Crippen molar-refractivity contribution in [3.63, 3.8) is 0 Å². The summed E-state index contributed by atoms with van der Waals surface area (Å²) in [6.07, 6.45) is 0.515. The summed E-state index contributed by atoms with van der Waals surface area (Å²) >= 11 is 3.37. The Bertz CT molecular complexity index is 269. The molecule has 0 aliphatic rings. The highest BCUT2D eigenvalue weighted by Crippen LogP contribution is 2.16. The molecule has 2 heteroatoms. The normalized spacial score (nSPS) is 8.62. The second-order valence-electron chi connectivity index (χ2n) is 2.47. The maximum atomic E-state index is 10.7. The summed E-state index contributed by atoms with van der Waals surface area (Å²) in [6.45, 7) is 5.60. The van der Waals surface area contributed by atoms with Gasteiger partial charge in [-0.1, -0.05) is 48.0 Å². The molecule has 0 aliphatic heterocycles. The Morgan fingerprint density at radius 2 is 1.85 bits per heavy atom. The molecule has 0 aliphatic carbocycles. The zero-order valence-electron chi connectivity index (χ0n) is 8.30. The maximum Gasteiger partial charge on any atom is 0.134 e. The second-order valence-corrected chi connectivity index (χ2v) is 3.32. The van der Waals surface area contributed by atoms with E-state index in [1.165, 1.54) is 0 Å². The number of Topliss-reactive ketones (excluding diaryl/α,β-unsaturated/α-hetero) is 1. The summed E-state index contributed by atoms with van der Waals surface area (Å²) < 4.78 is 1.01. The number of hydrogen-bond donors (Lipinski definition) is 0. The Labute approximate surface area is 88.3 Å². The van der Waals surface area contributed by atoms with E-state index in [1.807, 2.05) is 38.1 Å². The van der Waals surface area contributed by atoms with Crippen LogP contribution in [0.2, 0.25) is 0 Å². The van der Waals surface area contributed by atoms with Crippen LogP contribution < -0.4 is 0 Å². The van der Waals surface area contributed by atoms with Crippen molar-refractivity contribution in [3.05, 3.63) is 34.3 Å². The van der Waals surface area contributed by atoms with Crippen molar-refractivity contribution in [2.45, 2.75) is 27.2 Å². The highest BCUT2D eigenvalue weighted by atomic mass is 79.9. The summed E-state index contributed by atoms with van der Waals surface area (Å²) in [5.41, 5.74) is 1.06. The van der Waals surface area contributed by atoms with E-state index < -0.39 is 0 Å². The molecular weight excluding hydrogens is 228 g/mol. The topological polar surface area (TPSA) is 17.1 Å². The Kier molecular flexibility index (Phi) is 6.51. The van der Waals surface area contributed by atoms with Gasteiger partial charge in [-0.15, -0.1) is 0 Å². The van der Waals surface area contributed by atoms with E-state index in [0.29, 0.717) is 6.42 Å². The van der Waals surface area contributed by atoms with Gasteiger partial charge < -0.3 is 0 Å². The van der Waals surface area contributed by atoms with Gasteiger partial charge in [-0.05, 0) is 18.6 Å². The van der Waals surface area contributed by atoms with Crippen LogP contribution in [0.15, 0.2) is 28.7 Å². The van der Waals surface area contributed by atoms with E-state index in [2.05, 4.69) is 15.9 Å². The van der Waals surface area contributed by atoms with Crippen molar-refractivity contribution >= 4 is 21.7 Å². The lowest BCUT2D eigenvalue weighted by Crippen LogP contribution is -1.96. The second kappa shape index (κ2) is 6.84. The van der Waals surface area contributed by atoms with E-state index in [-0.39, 0.29) is 5.78 Å². The van der Waals surface area contributed by atoms with Crippen LogP contribution in [0, 0.1) is 0 Å². The van der Waals surface area contributed by atoms with Gasteiger partial charge in [0.1, 0.15) is 5.78 Å². The van der Waals surface area contributed by atoms with E-state index in [9.17, 15) is 4.79 Å². The first-order chi connectivity index (χ1) is 6.20. The Morgan fingerprint density at radius 3 is 2.31 bits per heavy atom. The van der Waals surface area contributed by atoms with E-state index in [1.54, 1.807) is 6.92 Å². The minimum Gasteiger partial charge on any atom is -0.300 e. The Morgan fingerprint density at radius 1 is 1.31 bits per heavy atom. The zero-order valence-corrected chi connectivity index (χ0v) is 9.89. The summed E-state index contributed by atoms with van der Waals surface area (Å²) in [7, 11) is 0. The largest absolute Gasteiger partial charge is 0.300 e. The van der Waals surface area contributed by atoms with Gasteiger partial charge in [0.05, 0.1) is 0 Å². The van der Waals surface area contributed by atoms with Crippen LogP contribution in [0.25, 0.3) is 0 Å². The van der Waals surface area contributed by atoms with Crippen molar-refractivity contribution < 1.29 is 4.79 Å². The quantitative estimate of drug-likeness (QED) is 0.775. The molecule has 0 spiro atoms. The fourth-order valence-corrected chi connectivity index (χ4v) is 1.33. The lowest BCUT2D eigenvalue weighted by atomic mass is 10.1. The van der Waals surface area contributed by atoms with Crippen molar-refractivity contribution in [1.82, 2.24) is 0 Å². The Balaban J connectivity index is 0.000000671. The molecule has 0 atom stereocenters. The summed E-state index contributed by atoms with van der Waals surface area (Å²) in [6, 6.07) is 7.76. The molecule has 0 N–H and O–H groups in total. The fraction of sp³-hybridized carbons (Fsp3) is 0.364. The standard InChI is InChI=1S/C9H9BrO.C2H6/c1-7(11)6-8-4-2-3-5-9(8)10;1-2/h2-5H,6H2,1H3;1-2H3. The molecule has 0 heterocycles. The van der Waals surface area contributed by atoms with Crippen LogP contribution in [-0.4, -0.2) is 5.78 Å². The molecule has 0 saturated carbocycles. The van der Waals surface area contributed by atoms with Crippen molar-refractivity contribution in [2.75, 3.05) is 0 Å². The van der Waals surface area contributed by atoms with E-state index in [4.69, 9.17) is 0 Å². The van der Waals surface area contributed by atoms with Crippen LogP contribution in [0.4, 0.5) is 0 Å². The molecule has 1 aromatic carbocycles. The molecule has 1 nitrogen and oxygen atoms in total. The number of carbonyl (C=O) groups is 1. The molecule has 0 unspecified atom stereocenters. The Hall–Kier alpha value is -0.630. The number of ketones is 1. The molecule has 0 fully saturated rings. The minimum absolute atomic E-state index is 0.192. The third-order valence-electron chi connectivity index (χ3n) is 1.40. The van der Waals surface area contributed by atoms with Gasteiger partial charge in [-0.3, -0.25) is 4.79 Å². The molecule has 0 saturated heterocycles. The number of benzene rings is 1. The van der Waals surface area contributed by atoms with Crippen molar-refractivity contribution in [1.29, 1.82) is 0 Å². The highest BCUT2D eigenvalue weighted by molar-refractivity contribution is 9.10. The number of hydrogen-bond acceptors (Lipinski definition) is 1. The van der Waals surface area contributed by atoms with Crippen LogP contribution in [-0.2, 0) is 11.2 Å². The van der Waals surface area contributed by atoms with E-state index in [0.717, 1.165) is 10.0 Å². The molecule has 0 aromatic heterocycles. The monoisotopic (exact) mass is 242 g/mol. The van der Waals surface area contributed by atoms with E-state index >= 15 is 0 Å². The average Bonchev–Trinajstić information content (AvgIpc) is 2.12. The van der Waals surface area contributed by atoms with Gasteiger partial charge in [0.2, 0.25) is 0 Å². The molecule has 72 valence electrons. The van der Waals surface area contributed by atoms with Gasteiger partial charge in [-0.2, -0.15) is 0 Å². The lowest BCUT2D eigenvalue weighted by Gasteiger charge is -1.99. The molecule has 1 aromatic rings. The van der Waals surface area contributed by atoms with Gasteiger partial charge in [-0.25, -0.2) is 0 Å². The van der Waals surface area contributed by atoms with Gasteiger partial charge >= 0.3 is 0 Å². The third kappa shape index (κ3) is 4.83. The first-order valence-corrected chi connectivity index (χ1v) is 5.22. The van der Waals surface area contributed by atoms with Gasteiger partial charge in [0, 0.05) is 10.9 Å². The molecule has 0 radical (unpaired) electrons. The zero-order chi connectivity index (χ0) is 10.3. The predicted octanol–water partition coefficient (Wildman–Crippen LogP) is 3.61. The smallest absolute Gasteiger partial charge is 0.134 e.